The summed E-state index contributed by atoms with van der Waals surface area (Å²) in [4.78, 5) is 26.7. The molecule has 18 heavy (non-hydrogen) atoms. The lowest BCUT2D eigenvalue weighted by atomic mass is 10.3. The van der Waals surface area contributed by atoms with Crippen molar-refractivity contribution in [2.24, 2.45) is 0 Å². The summed E-state index contributed by atoms with van der Waals surface area (Å²) in [5.41, 5.74) is 0.610. The highest BCUT2D eigenvalue weighted by atomic mass is 32.2. The van der Waals surface area contributed by atoms with E-state index in [1.165, 1.54) is 18.4 Å². The lowest BCUT2D eigenvalue weighted by Gasteiger charge is -2.03. The molecule has 0 saturated carbocycles. The molecule has 0 bridgehead atoms. The molecule has 0 aliphatic carbocycles. The van der Waals surface area contributed by atoms with Crippen LogP contribution in [0.2, 0.25) is 0 Å². The van der Waals surface area contributed by atoms with Gasteiger partial charge in [-0.25, -0.2) is 4.98 Å². The van der Waals surface area contributed by atoms with Crippen molar-refractivity contribution in [1.29, 1.82) is 0 Å². The fourth-order valence-electron chi connectivity index (χ4n) is 1.06. The van der Waals surface area contributed by atoms with Crippen molar-refractivity contribution < 1.29 is 14.3 Å². The van der Waals surface area contributed by atoms with Crippen molar-refractivity contribution in [3.05, 3.63) is 11.1 Å². The molecular formula is C11H16N2O3S2. The van der Waals surface area contributed by atoms with Gasteiger partial charge in [0.25, 0.3) is 0 Å². The molecule has 1 N–H and O–H groups in total. The molecule has 0 aromatic carbocycles. The minimum Gasteiger partial charge on any atom is -0.469 e. The topological polar surface area (TPSA) is 68.3 Å². The van der Waals surface area contributed by atoms with E-state index >= 15 is 0 Å². The Balaban J connectivity index is 2.43. The Labute approximate surface area is 114 Å². The number of hydrogen-bond acceptors (Lipinski definition) is 6. The van der Waals surface area contributed by atoms with E-state index in [2.05, 4.69) is 15.0 Å². The number of amides is 1. The summed E-state index contributed by atoms with van der Waals surface area (Å²) in [6, 6.07) is 0. The number of carbonyl (C=O) groups is 2. The highest BCUT2D eigenvalue weighted by Crippen LogP contribution is 2.17. The van der Waals surface area contributed by atoms with Gasteiger partial charge in [0.1, 0.15) is 0 Å². The lowest BCUT2D eigenvalue weighted by Crippen LogP contribution is -2.15. The first-order valence-electron chi connectivity index (χ1n) is 5.44. The molecule has 0 atom stereocenters. The second kappa shape index (κ2) is 7.38. The first-order valence-corrected chi connectivity index (χ1v) is 7.36. The normalized spacial score (nSPS) is 10.4. The van der Waals surface area contributed by atoms with Gasteiger partial charge in [0.2, 0.25) is 5.91 Å². The Morgan fingerprint density at radius 3 is 2.89 bits per heavy atom. The van der Waals surface area contributed by atoms with Gasteiger partial charge in [-0.3, -0.25) is 9.59 Å². The van der Waals surface area contributed by atoms with Gasteiger partial charge in [0.05, 0.1) is 25.0 Å². The van der Waals surface area contributed by atoms with Crippen LogP contribution in [0.25, 0.3) is 0 Å². The molecule has 0 radical (unpaired) electrons. The molecule has 7 heteroatoms. The minimum absolute atomic E-state index is 0.0762. The van der Waals surface area contributed by atoms with Gasteiger partial charge in [-0.15, -0.1) is 23.1 Å². The molecule has 1 heterocycles. The van der Waals surface area contributed by atoms with Crippen LogP contribution in [0.4, 0.5) is 5.13 Å². The fraction of sp³-hybridized carbons (Fsp3) is 0.545. The number of methoxy groups -OCH3 is 1. The van der Waals surface area contributed by atoms with Crippen LogP contribution in [0.1, 0.15) is 19.5 Å². The Kier molecular flexibility index (Phi) is 6.14. The molecule has 1 aromatic rings. The summed E-state index contributed by atoms with van der Waals surface area (Å²) in [6.07, 6.45) is 0.129. The summed E-state index contributed by atoms with van der Waals surface area (Å²) in [6.45, 7) is 4.08. The lowest BCUT2D eigenvalue weighted by molar-refractivity contribution is -0.139. The van der Waals surface area contributed by atoms with E-state index in [1.807, 2.05) is 13.8 Å². The van der Waals surface area contributed by atoms with Gasteiger partial charge in [-0.05, 0) is 5.25 Å². The van der Waals surface area contributed by atoms with E-state index in [0.29, 0.717) is 21.8 Å². The van der Waals surface area contributed by atoms with E-state index in [9.17, 15) is 9.59 Å². The first kappa shape index (κ1) is 15.0. The highest BCUT2D eigenvalue weighted by Gasteiger charge is 2.10. The van der Waals surface area contributed by atoms with Crippen LogP contribution < -0.4 is 5.32 Å². The van der Waals surface area contributed by atoms with E-state index in [1.54, 1.807) is 17.1 Å². The van der Waals surface area contributed by atoms with Crippen molar-refractivity contribution in [1.82, 2.24) is 4.98 Å². The van der Waals surface area contributed by atoms with Crippen LogP contribution in [0.15, 0.2) is 5.38 Å². The van der Waals surface area contributed by atoms with Crippen molar-refractivity contribution >= 4 is 40.1 Å². The molecule has 0 spiro atoms. The van der Waals surface area contributed by atoms with Gasteiger partial charge in [0, 0.05) is 5.38 Å². The number of rotatable bonds is 6. The van der Waals surface area contributed by atoms with Gasteiger partial charge in [-0.1, -0.05) is 13.8 Å². The van der Waals surface area contributed by atoms with Crippen LogP contribution in [0.5, 0.6) is 0 Å². The summed E-state index contributed by atoms with van der Waals surface area (Å²) in [5.74, 6) is -0.00922. The number of carbonyl (C=O) groups excluding carboxylic acids is 2. The molecule has 1 aromatic heterocycles. The third-order valence-electron chi connectivity index (χ3n) is 1.90. The van der Waals surface area contributed by atoms with Crippen molar-refractivity contribution in [3.8, 4) is 0 Å². The zero-order valence-electron chi connectivity index (χ0n) is 10.6. The Bertz CT molecular complexity index is 418. The maximum Gasteiger partial charge on any atom is 0.311 e. The molecule has 5 nitrogen and oxygen atoms in total. The second-order valence-corrected chi connectivity index (χ2v) is 6.23. The monoisotopic (exact) mass is 288 g/mol. The van der Waals surface area contributed by atoms with Gasteiger partial charge in [0.15, 0.2) is 5.13 Å². The quantitative estimate of drug-likeness (QED) is 0.810. The number of esters is 1. The van der Waals surface area contributed by atoms with Crippen LogP contribution in [-0.2, 0) is 20.7 Å². The molecule has 1 rings (SSSR count). The zero-order valence-corrected chi connectivity index (χ0v) is 12.2. The zero-order chi connectivity index (χ0) is 13.5. The van der Waals surface area contributed by atoms with E-state index < -0.39 is 0 Å². The largest absolute Gasteiger partial charge is 0.469 e. The molecule has 1 amide bonds. The second-order valence-electron chi connectivity index (χ2n) is 3.80. The number of hydrogen-bond donors (Lipinski definition) is 1. The average molecular weight is 288 g/mol. The molecule has 0 fully saturated rings. The molecule has 0 aliphatic heterocycles. The number of thiazole rings is 1. The summed E-state index contributed by atoms with van der Waals surface area (Å²) < 4.78 is 4.54. The molecule has 100 valence electrons. The summed E-state index contributed by atoms with van der Waals surface area (Å²) in [5, 5.41) is 5.38. The SMILES string of the molecule is COC(=O)Cc1csc(NC(=O)CSC(C)C)n1. The maximum atomic E-state index is 11.5. The Hall–Kier alpha value is -1.08. The highest BCUT2D eigenvalue weighted by molar-refractivity contribution is 8.00. The molecule has 0 unspecified atom stereocenters. The average Bonchev–Trinajstić information content (AvgIpc) is 2.73. The van der Waals surface area contributed by atoms with E-state index in [0.717, 1.165) is 0 Å². The number of thioether (sulfide) groups is 1. The van der Waals surface area contributed by atoms with Crippen molar-refractivity contribution in [2.75, 3.05) is 18.2 Å². The summed E-state index contributed by atoms with van der Waals surface area (Å²) >= 11 is 2.87. The van der Waals surface area contributed by atoms with E-state index in [4.69, 9.17) is 0 Å². The third kappa shape index (κ3) is 5.50. The fourth-order valence-corrected chi connectivity index (χ4v) is 2.35. The van der Waals surface area contributed by atoms with Crippen LogP contribution >= 0.6 is 23.1 Å². The van der Waals surface area contributed by atoms with Crippen LogP contribution in [-0.4, -0.2) is 35.0 Å². The molecular weight excluding hydrogens is 272 g/mol. The first-order chi connectivity index (χ1) is 8.51. The Morgan fingerprint density at radius 2 is 2.28 bits per heavy atom. The number of aromatic nitrogens is 1. The smallest absolute Gasteiger partial charge is 0.311 e. The van der Waals surface area contributed by atoms with Crippen molar-refractivity contribution in [2.45, 2.75) is 25.5 Å². The predicted octanol–water partition coefficient (Wildman–Crippen LogP) is 1.94. The molecule has 0 aliphatic rings. The third-order valence-corrected chi connectivity index (χ3v) is 3.80. The molecule has 0 saturated heterocycles. The van der Waals surface area contributed by atoms with Gasteiger partial charge >= 0.3 is 5.97 Å². The van der Waals surface area contributed by atoms with Crippen LogP contribution in [0, 0.1) is 0 Å². The van der Waals surface area contributed by atoms with E-state index in [-0.39, 0.29) is 18.3 Å². The predicted molar refractivity (Wildman–Crippen MR) is 74.1 cm³/mol. The maximum absolute atomic E-state index is 11.5. The Morgan fingerprint density at radius 1 is 1.56 bits per heavy atom. The van der Waals surface area contributed by atoms with Crippen LogP contribution in [0.3, 0.4) is 0 Å². The van der Waals surface area contributed by atoms with Crippen molar-refractivity contribution in [3.63, 3.8) is 0 Å². The minimum atomic E-state index is -0.339. The van der Waals surface area contributed by atoms with Gasteiger partial charge < -0.3 is 10.1 Å². The number of nitrogens with one attached hydrogen (secondary N) is 1. The summed E-state index contributed by atoms with van der Waals surface area (Å²) in [7, 11) is 1.33. The van der Waals surface area contributed by atoms with Gasteiger partial charge in [-0.2, -0.15) is 0 Å². The number of ether oxygens (including phenoxy) is 1. The number of nitrogens with zero attached hydrogens (tertiary/aromatic N) is 1. The number of anilines is 1. The standard InChI is InChI=1S/C11H16N2O3S2/c1-7(2)17-6-9(14)13-11-12-8(5-18-11)4-10(15)16-3/h5,7H,4,6H2,1-3H3,(H,12,13,14).